The second-order valence-corrected chi connectivity index (χ2v) is 12.9. The van der Waals surface area contributed by atoms with Gasteiger partial charge in [0.05, 0.1) is 11.4 Å². The SMILES string of the molecule is Cc1ccnc(-n2c3[c-]c(Oc4[c-]c(-n5nc(C(C)C)c(-c6ccccc6)c5C(C)(C)C)ccc4)ccc3c3ccccc32)c1.[Pt+2]. The maximum Gasteiger partial charge on any atom is 2.00 e. The van der Waals surface area contributed by atoms with Crippen molar-refractivity contribution in [1.29, 1.82) is 0 Å². The standard InChI is InChI=1S/C40H36N4O.Pt/c1-26(2)38-37(28-13-8-7-9-14-28)39(40(4,5)6)44(42-38)29-15-12-16-30(24-29)45-31-19-20-33-32-17-10-11-18-34(32)43(35(33)25-31)36-23-27(3)21-22-41-36;/h7-23,26H,1-6H3;/q-2;+2. The van der Waals surface area contributed by atoms with Gasteiger partial charge in [0, 0.05) is 34.2 Å². The van der Waals surface area contributed by atoms with Crippen molar-refractivity contribution in [3.63, 3.8) is 0 Å². The molecule has 0 spiro atoms. The van der Waals surface area contributed by atoms with Crippen molar-refractivity contribution >= 4 is 21.8 Å². The number of hydrogen-bond donors (Lipinski definition) is 0. The minimum atomic E-state index is -0.175. The van der Waals surface area contributed by atoms with E-state index >= 15 is 0 Å². The molecule has 0 fully saturated rings. The van der Waals surface area contributed by atoms with Crippen LogP contribution in [0.25, 0.3) is 44.4 Å². The first-order valence-corrected chi connectivity index (χ1v) is 15.5. The van der Waals surface area contributed by atoms with E-state index in [2.05, 4.69) is 130 Å². The van der Waals surface area contributed by atoms with Gasteiger partial charge in [0.1, 0.15) is 5.82 Å². The van der Waals surface area contributed by atoms with Gasteiger partial charge in [-0.3, -0.25) is 4.68 Å². The van der Waals surface area contributed by atoms with E-state index in [1.165, 1.54) is 11.1 Å². The zero-order chi connectivity index (χ0) is 31.3. The van der Waals surface area contributed by atoms with Crippen LogP contribution >= 0.6 is 0 Å². The number of aryl methyl sites for hydroxylation is 1. The van der Waals surface area contributed by atoms with Crippen LogP contribution < -0.4 is 4.74 Å². The van der Waals surface area contributed by atoms with E-state index in [0.29, 0.717) is 11.5 Å². The second-order valence-electron chi connectivity index (χ2n) is 12.9. The van der Waals surface area contributed by atoms with E-state index in [1.54, 1.807) is 0 Å². The first-order chi connectivity index (χ1) is 21.7. The van der Waals surface area contributed by atoms with Crippen LogP contribution in [-0.2, 0) is 26.5 Å². The first-order valence-electron chi connectivity index (χ1n) is 15.5. The van der Waals surface area contributed by atoms with Gasteiger partial charge in [0.2, 0.25) is 0 Å². The summed E-state index contributed by atoms with van der Waals surface area (Å²) in [4.78, 5) is 4.70. The molecule has 46 heavy (non-hydrogen) atoms. The van der Waals surface area contributed by atoms with Crippen LogP contribution in [0.4, 0.5) is 0 Å². The maximum absolute atomic E-state index is 6.47. The molecule has 3 heterocycles. The molecule has 7 aromatic rings. The Kier molecular flexibility index (Phi) is 8.48. The summed E-state index contributed by atoms with van der Waals surface area (Å²) in [5.74, 6) is 2.31. The van der Waals surface area contributed by atoms with Gasteiger partial charge in [-0.15, -0.1) is 35.7 Å². The fourth-order valence-corrected chi connectivity index (χ4v) is 6.15. The van der Waals surface area contributed by atoms with Gasteiger partial charge in [-0.1, -0.05) is 88.7 Å². The normalized spacial score (nSPS) is 11.7. The summed E-state index contributed by atoms with van der Waals surface area (Å²) < 4.78 is 10.7. The fourth-order valence-electron chi connectivity index (χ4n) is 6.15. The molecule has 5 nitrogen and oxygen atoms in total. The minimum Gasteiger partial charge on any atom is -0.509 e. The molecule has 232 valence electrons. The summed E-state index contributed by atoms with van der Waals surface area (Å²) in [6.45, 7) is 13.2. The average Bonchev–Trinajstić information content (AvgIpc) is 3.59. The maximum atomic E-state index is 6.47. The Morgan fingerprint density at radius 3 is 2.26 bits per heavy atom. The zero-order valence-electron chi connectivity index (χ0n) is 26.9. The van der Waals surface area contributed by atoms with E-state index in [4.69, 9.17) is 14.8 Å². The number of nitrogens with zero attached hydrogens (tertiary/aromatic N) is 4. The van der Waals surface area contributed by atoms with Gasteiger partial charge >= 0.3 is 21.1 Å². The third-order valence-electron chi connectivity index (χ3n) is 8.12. The Morgan fingerprint density at radius 1 is 0.783 bits per heavy atom. The molecular formula is C40H36N4OPt. The number of fused-ring (bicyclic) bond motifs is 3. The van der Waals surface area contributed by atoms with Crippen LogP contribution in [-0.4, -0.2) is 19.3 Å². The minimum absolute atomic E-state index is 0. The summed E-state index contributed by atoms with van der Waals surface area (Å²) in [5.41, 5.74) is 8.38. The van der Waals surface area contributed by atoms with E-state index < -0.39 is 0 Å². The van der Waals surface area contributed by atoms with E-state index in [1.807, 2.05) is 36.5 Å². The van der Waals surface area contributed by atoms with Crippen molar-refractivity contribution in [1.82, 2.24) is 19.3 Å². The van der Waals surface area contributed by atoms with Crippen molar-refractivity contribution < 1.29 is 25.8 Å². The molecule has 3 aromatic heterocycles. The molecule has 0 atom stereocenters. The van der Waals surface area contributed by atoms with Crippen molar-refractivity contribution in [2.45, 2.75) is 52.9 Å². The van der Waals surface area contributed by atoms with Crippen LogP contribution in [0.2, 0.25) is 0 Å². The number of benzene rings is 4. The fraction of sp³-hybridized carbons (Fsp3) is 0.200. The Balaban J connectivity index is 0.00000372. The molecular weight excluding hydrogens is 748 g/mol. The van der Waals surface area contributed by atoms with Crippen molar-refractivity contribution in [2.24, 2.45) is 0 Å². The largest absolute Gasteiger partial charge is 2.00 e. The van der Waals surface area contributed by atoms with Gasteiger partial charge in [-0.2, -0.15) is 17.2 Å². The van der Waals surface area contributed by atoms with E-state index in [9.17, 15) is 0 Å². The molecule has 0 saturated heterocycles. The van der Waals surface area contributed by atoms with E-state index in [-0.39, 0.29) is 32.4 Å². The number of ether oxygens (including phenoxy) is 1. The predicted molar refractivity (Wildman–Crippen MR) is 183 cm³/mol. The molecule has 0 unspecified atom stereocenters. The summed E-state index contributed by atoms with van der Waals surface area (Å²) in [5, 5.41) is 7.45. The van der Waals surface area contributed by atoms with Gasteiger partial charge in [0.15, 0.2) is 0 Å². The molecule has 0 aliphatic heterocycles. The molecule has 7 rings (SSSR count). The Hall–Kier alpha value is -4.47. The summed E-state index contributed by atoms with van der Waals surface area (Å²) >= 11 is 0. The summed E-state index contributed by atoms with van der Waals surface area (Å²) in [6.07, 6.45) is 1.85. The summed E-state index contributed by atoms with van der Waals surface area (Å²) in [7, 11) is 0. The molecule has 0 N–H and O–H groups in total. The van der Waals surface area contributed by atoms with Crippen LogP contribution in [0.15, 0.2) is 103 Å². The molecule has 0 amide bonds. The zero-order valence-corrected chi connectivity index (χ0v) is 29.2. The average molecular weight is 784 g/mol. The Morgan fingerprint density at radius 2 is 1.52 bits per heavy atom. The van der Waals surface area contributed by atoms with Gasteiger partial charge in [-0.25, -0.2) is 4.98 Å². The Labute approximate surface area is 285 Å². The molecule has 0 radical (unpaired) electrons. The third-order valence-corrected chi connectivity index (χ3v) is 8.12. The van der Waals surface area contributed by atoms with Gasteiger partial charge < -0.3 is 9.30 Å². The van der Waals surface area contributed by atoms with E-state index in [0.717, 1.165) is 50.3 Å². The molecule has 0 aliphatic carbocycles. The molecule has 6 heteroatoms. The number of aromatic nitrogens is 4. The van der Waals surface area contributed by atoms with Gasteiger partial charge in [0.25, 0.3) is 0 Å². The first kappa shape index (κ1) is 31.5. The number of pyridine rings is 1. The number of hydrogen-bond acceptors (Lipinski definition) is 3. The molecule has 0 bridgehead atoms. The predicted octanol–water partition coefficient (Wildman–Crippen LogP) is 10.2. The van der Waals surface area contributed by atoms with Crippen molar-refractivity contribution in [3.8, 4) is 34.1 Å². The van der Waals surface area contributed by atoms with Crippen LogP contribution in [0.1, 0.15) is 57.5 Å². The quantitative estimate of drug-likeness (QED) is 0.158. The summed E-state index contributed by atoms with van der Waals surface area (Å²) in [6, 6.07) is 40.2. The van der Waals surface area contributed by atoms with Crippen molar-refractivity contribution in [3.05, 3.63) is 132 Å². The van der Waals surface area contributed by atoms with Crippen molar-refractivity contribution in [2.75, 3.05) is 0 Å². The molecule has 0 aliphatic rings. The topological polar surface area (TPSA) is 44.9 Å². The third kappa shape index (κ3) is 5.69. The van der Waals surface area contributed by atoms with Crippen LogP contribution in [0.5, 0.6) is 11.5 Å². The monoisotopic (exact) mass is 783 g/mol. The second kappa shape index (κ2) is 12.4. The molecule has 0 saturated carbocycles. The number of para-hydroxylation sites is 1. The molecule has 4 aromatic carbocycles. The smallest absolute Gasteiger partial charge is 0.509 e. The number of rotatable bonds is 6. The van der Waals surface area contributed by atoms with Crippen LogP contribution in [0, 0.1) is 19.1 Å². The van der Waals surface area contributed by atoms with Gasteiger partial charge in [-0.05, 0) is 53.2 Å². The Bertz CT molecular complexity index is 2170. The van der Waals surface area contributed by atoms with Crippen LogP contribution in [0.3, 0.4) is 0 Å².